The van der Waals surface area contributed by atoms with Gasteiger partial charge >= 0.3 is 12.0 Å². The molecular weight excluding hydrogens is 616 g/mol. The average molecular weight is 661 g/mol. The third-order valence-corrected chi connectivity index (χ3v) is 12.2. The largest absolute Gasteiger partial charge is 0.459 e. The number of imidazole rings is 1. The molecular formula is C36H44N4O6S. The Balaban J connectivity index is 0.954. The van der Waals surface area contributed by atoms with E-state index in [-0.39, 0.29) is 29.3 Å². The Morgan fingerprint density at radius 2 is 1.77 bits per heavy atom. The predicted octanol–water partition coefficient (Wildman–Crippen LogP) is 5.48. The zero-order valence-corrected chi connectivity index (χ0v) is 28.0. The van der Waals surface area contributed by atoms with Gasteiger partial charge in [0.05, 0.1) is 36.1 Å². The molecule has 4 aliphatic carbocycles. The van der Waals surface area contributed by atoms with Gasteiger partial charge in [0, 0.05) is 17.3 Å². The van der Waals surface area contributed by atoms with E-state index in [1.165, 1.54) is 11.1 Å². The van der Waals surface area contributed by atoms with E-state index < -0.39 is 33.3 Å². The van der Waals surface area contributed by atoms with Gasteiger partial charge in [0.1, 0.15) is 11.4 Å². The van der Waals surface area contributed by atoms with Gasteiger partial charge in [-0.05, 0) is 106 Å². The molecule has 0 radical (unpaired) electrons. The zero-order chi connectivity index (χ0) is 33.1. The maximum Gasteiger partial charge on any atom is 0.321 e. The molecule has 2 amide bonds. The van der Waals surface area contributed by atoms with E-state index >= 15 is 0 Å². The topological polar surface area (TPSA) is 140 Å². The highest BCUT2D eigenvalue weighted by atomic mass is 32.2. The van der Waals surface area contributed by atoms with Crippen molar-refractivity contribution in [2.24, 2.45) is 23.2 Å². The Morgan fingerprint density at radius 3 is 2.47 bits per heavy atom. The van der Waals surface area contributed by atoms with Crippen LogP contribution in [0.15, 0.2) is 61.1 Å². The van der Waals surface area contributed by atoms with Crippen LogP contribution in [0.1, 0.15) is 76.5 Å². The summed E-state index contributed by atoms with van der Waals surface area (Å²) < 4.78 is 32.4. The van der Waals surface area contributed by atoms with Gasteiger partial charge in [-0.1, -0.05) is 36.4 Å². The lowest BCUT2D eigenvalue weighted by Gasteiger charge is -2.61. The fraction of sp³-hybridized carbons (Fsp3) is 0.528. The number of aliphatic hydroxyl groups excluding tert-OH is 1. The summed E-state index contributed by atoms with van der Waals surface area (Å²) in [7, 11) is -3.71. The van der Waals surface area contributed by atoms with E-state index in [9.17, 15) is 23.1 Å². The maximum absolute atomic E-state index is 13.2. The van der Waals surface area contributed by atoms with Crippen LogP contribution in [0.25, 0.3) is 11.3 Å². The van der Waals surface area contributed by atoms with Crippen LogP contribution in [-0.4, -0.2) is 58.6 Å². The first-order chi connectivity index (χ1) is 22.3. The van der Waals surface area contributed by atoms with Gasteiger partial charge in [-0.2, -0.15) is 0 Å². The summed E-state index contributed by atoms with van der Waals surface area (Å²) >= 11 is 0. The van der Waals surface area contributed by atoms with Crippen LogP contribution in [0.4, 0.5) is 10.5 Å². The fourth-order valence-corrected chi connectivity index (χ4v) is 10.4. The lowest BCUT2D eigenvalue weighted by atomic mass is 9.46. The minimum Gasteiger partial charge on any atom is -0.459 e. The van der Waals surface area contributed by atoms with Crippen molar-refractivity contribution in [3.8, 4) is 11.3 Å². The van der Waals surface area contributed by atoms with Crippen molar-refractivity contribution in [2.75, 3.05) is 11.1 Å². The van der Waals surface area contributed by atoms with Gasteiger partial charge in [0.2, 0.25) is 0 Å². The smallest absolute Gasteiger partial charge is 0.321 e. The number of anilines is 1. The number of nitrogens with one attached hydrogen (secondary N) is 2. The van der Waals surface area contributed by atoms with Crippen LogP contribution in [0.2, 0.25) is 0 Å². The van der Waals surface area contributed by atoms with Crippen molar-refractivity contribution in [1.29, 1.82) is 0 Å². The predicted molar refractivity (Wildman–Crippen MR) is 178 cm³/mol. The Hall–Kier alpha value is -3.70. The molecule has 5 aliphatic rings. The lowest BCUT2D eigenvalue weighted by molar-refractivity contribution is -0.151. The summed E-state index contributed by atoms with van der Waals surface area (Å²) in [5, 5.41) is 18.1. The number of ether oxygens (including phenoxy) is 1. The zero-order valence-electron chi connectivity index (χ0n) is 27.2. The Morgan fingerprint density at radius 1 is 1.06 bits per heavy atom. The molecule has 1 aliphatic heterocycles. The molecule has 8 rings (SSSR count). The molecule has 1 aromatic heterocycles. The second-order valence-corrected chi connectivity index (χ2v) is 17.4. The van der Waals surface area contributed by atoms with Gasteiger partial charge in [0.25, 0.3) is 0 Å². The summed E-state index contributed by atoms with van der Waals surface area (Å²) in [6, 6.07) is 14.9. The van der Waals surface area contributed by atoms with Crippen LogP contribution in [-0.2, 0) is 25.1 Å². The molecule has 2 aromatic carbocycles. The van der Waals surface area contributed by atoms with E-state index in [1.807, 2.05) is 12.5 Å². The van der Waals surface area contributed by atoms with Gasteiger partial charge < -0.3 is 25.0 Å². The summed E-state index contributed by atoms with van der Waals surface area (Å²) in [6.07, 6.45) is 9.00. The van der Waals surface area contributed by atoms with E-state index in [0.717, 1.165) is 37.8 Å². The molecule has 4 atom stereocenters. The Bertz CT molecular complexity index is 1760. The van der Waals surface area contributed by atoms with Crippen molar-refractivity contribution in [2.45, 2.75) is 88.8 Å². The van der Waals surface area contributed by atoms with Gasteiger partial charge in [0.15, 0.2) is 9.84 Å². The number of nitrogens with zero attached hydrogens (tertiary/aromatic N) is 2. The van der Waals surface area contributed by atoms with E-state index in [2.05, 4.69) is 44.5 Å². The first-order valence-corrected chi connectivity index (χ1v) is 18.5. The molecule has 4 saturated carbocycles. The minimum atomic E-state index is -3.71. The lowest BCUT2D eigenvalue weighted by Crippen LogP contribution is -2.62. The highest BCUT2D eigenvalue weighted by Crippen LogP contribution is 2.62. The second-order valence-electron chi connectivity index (χ2n) is 15.3. The molecule has 10 nitrogen and oxygen atoms in total. The van der Waals surface area contributed by atoms with Crippen molar-refractivity contribution in [3.63, 3.8) is 0 Å². The molecule has 3 N–H and O–H groups in total. The number of fused-ring (bicyclic) bond motifs is 3. The number of amides is 2. The molecule has 11 heteroatoms. The Kier molecular flexibility index (Phi) is 7.98. The molecule has 0 spiro atoms. The van der Waals surface area contributed by atoms with E-state index in [4.69, 9.17) is 4.74 Å². The number of hydrogen-bond donors (Lipinski definition) is 3. The monoisotopic (exact) mass is 660 g/mol. The second kappa shape index (κ2) is 11.8. The highest BCUT2D eigenvalue weighted by Gasteiger charge is 2.58. The number of carbonyl (C=O) groups excluding carboxylic acids is 2. The normalized spacial score (nSPS) is 28.0. The standard InChI is InChI=1S/C36H44N4O6S/c1-35(2,3)46-32(42)20-47(44,45)19-22-8-10-26(11-9-22)38-34(43)39-33-24-12-23-13-25(33)17-36(15-23,16-24)31(41)14-29-27-6-4-5-7-28(27)30-18-37-21-40(29)30/h4-11,18,21,23-25,29,31,33,41H,12-17,19-20H2,1-3H3,(H2,38,39,43). The summed E-state index contributed by atoms with van der Waals surface area (Å²) in [6.45, 7) is 5.08. The number of aliphatic hydroxyl groups is 1. The van der Waals surface area contributed by atoms with Gasteiger partial charge in [-0.3, -0.25) is 4.79 Å². The molecule has 4 fully saturated rings. The number of sulfone groups is 1. The van der Waals surface area contributed by atoms with Gasteiger partial charge in [-0.15, -0.1) is 0 Å². The number of carbonyl (C=O) groups is 2. The summed E-state index contributed by atoms with van der Waals surface area (Å²) in [5.74, 6) is -0.546. The van der Waals surface area contributed by atoms with Gasteiger partial charge in [-0.25, -0.2) is 18.2 Å². The quantitative estimate of drug-likeness (QED) is 0.259. The fourth-order valence-electron chi connectivity index (χ4n) is 9.22. The van der Waals surface area contributed by atoms with Crippen molar-refractivity contribution in [1.82, 2.24) is 14.9 Å². The van der Waals surface area contributed by atoms with E-state index in [1.54, 1.807) is 45.0 Å². The van der Waals surface area contributed by atoms with Crippen LogP contribution in [0, 0.1) is 23.2 Å². The van der Waals surface area contributed by atoms with Crippen molar-refractivity contribution >= 4 is 27.5 Å². The number of aromatic nitrogens is 2. The minimum absolute atomic E-state index is 0.0524. The van der Waals surface area contributed by atoms with Crippen LogP contribution in [0.5, 0.6) is 0 Å². The molecule has 250 valence electrons. The van der Waals surface area contributed by atoms with Crippen LogP contribution in [0.3, 0.4) is 0 Å². The molecule has 4 unspecified atom stereocenters. The molecule has 3 aromatic rings. The van der Waals surface area contributed by atoms with Crippen molar-refractivity contribution in [3.05, 3.63) is 72.2 Å². The first kappa shape index (κ1) is 31.9. The number of benzene rings is 2. The molecule has 0 saturated heterocycles. The SMILES string of the molecule is CC(C)(C)OC(=O)CS(=O)(=O)Cc1ccc(NC(=O)NC2C3CC4CC2CC(C(O)CC2c5ccccc5-c5cncn52)(C4)C3)cc1. The molecule has 47 heavy (non-hydrogen) atoms. The third-order valence-electron chi connectivity index (χ3n) is 10.7. The van der Waals surface area contributed by atoms with Crippen molar-refractivity contribution < 1.29 is 27.9 Å². The summed E-state index contributed by atoms with van der Waals surface area (Å²) in [4.78, 5) is 29.6. The first-order valence-electron chi connectivity index (χ1n) is 16.7. The van der Waals surface area contributed by atoms with E-state index in [0.29, 0.717) is 35.4 Å². The third kappa shape index (κ3) is 6.44. The summed E-state index contributed by atoms with van der Waals surface area (Å²) in [5.41, 5.74) is 3.74. The number of rotatable bonds is 9. The highest BCUT2D eigenvalue weighted by molar-refractivity contribution is 7.91. The maximum atomic E-state index is 13.2. The average Bonchev–Trinajstić information content (AvgIpc) is 3.56. The molecule has 4 bridgehead atoms. The number of hydrogen-bond acceptors (Lipinski definition) is 7. The number of esters is 1. The van der Waals surface area contributed by atoms with Crippen LogP contribution >= 0.6 is 0 Å². The Labute approximate surface area is 276 Å². The molecule has 2 heterocycles. The number of urea groups is 1. The van der Waals surface area contributed by atoms with Crippen LogP contribution < -0.4 is 10.6 Å².